The van der Waals surface area contributed by atoms with Gasteiger partial charge in [0.1, 0.15) is 58.1 Å². The van der Waals surface area contributed by atoms with E-state index in [2.05, 4.69) is 44.9 Å². The van der Waals surface area contributed by atoms with Crippen LogP contribution in [0.5, 0.6) is 0 Å². The van der Waals surface area contributed by atoms with Crippen molar-refractivity contribution >= 4 is 69.2 Å². The van der Waals surface area contributed by atoms with Crippen molar-refractivity contribution in [1.29, 1.82) is 0 Å². The molecule has 0 amide bonds. The Kier molecular flexibility index (Phi) is 20.2. The summed E-state index contributed by atoms with van der Waals surface area (Å²) in [6.45, 7) is 12.1. The van der Waals surface area contributed by atoms with Gasteiger partial charge in [0.15, 0.2) is 33.5 Å². The van der Waals surface area contributed by atoms with E-state index in [-0.39, 0.29) is 112 Å². The molecule has 69 heavy (non-hydrogen) atoms. The number of aromatic amines is 3. The maximum absolute atomic E-state index is 11.6. The first-order valence-electron chi connectivity index (χ1n) is 21.3. The van der Waals surface area contributed by atoms with Gasteiger partial charge in [0.25, 0.3) is 16.7 Å². The summed E-state index contributed by atoms with van der Waals surface area (Å²) in [5.74, 6) is -1.35. The molecule has 0 aromatic carbocycles. The molecule has 0 bridgehead atoms. The fraction of sp³-hybridized carbons (Fsp3) is 0.538. The lowest BCUT2D eigenvalue weighted by Crippen LogP contribution is -2.37. The van der Waals surface area contributed by atoms with Crippen molar-refractivity contribution in [3.8, 4) is 0 Å². The number of carbonyl (C=O) groups is 3. The van der Waals surface area contributed by atoms with Gasteiger partial charge < -0.3 is 62.8 Å². The minimum absolute atomic E-state index is 0.000790. The average molecular weight is 973 g/mol. The predicted molar refractivity (Wildman–Crippen MR) is 247 cm³/mol. The molecule has 6 rings (SSSR count). The lowest BCUT2D eigenvalue weighted by atomic mass is 10.1. The van der Waals surface area contributed by atoms with E-state index in [0.29, 0.717) is 16.9 Å². The summed E-state index contributed by atoms with van der Waals surface area (Å²) in [6.07, 6.45) is 4.27. The molecule has 30 nitrogen and oxygen atoms in total. The summed E-state index contributed by atoms with van der Waals surface area (Å²) in [4.78, 5) is 100. The molecule has 378 valence electrons. The van der Waals surface area contributed by atoms with E-state index in [4.69, 9.17) is 62.8 Å². The molecule has 15 N–H and O–H groups in total. The Morgan fingerprint density at radius 1 is 0.478 bits per heavy atom. The van der Waals surface area contributed by atoms with Gasteiger partial charge in [-0.25, -0.2) is 15.0 Å². The fourth-order valence-corrected chi connectivity index (χ4v) is 5.39. The molecule has 0 aliphatic rings. The van der Waals surface area contributed by atoms with Crippen LogP contribution in [0.2, 0.25) is 0 Å². The smallest absolute Gasteiger partial charge is 0.323 e. The Balaban J connectivity index is 0.000000225. The number of esters is 3. The van der Waals surface area contributed by atoms with Crippen LogP contribution in [0, 0.1) is 17.8 Å². The molecule has 30 heteroatoms. The SMILES string of the molecule is CC(C)[C@H](N)C(=O)OCCOCn1cnc2c(=O)[nH]c(N)nc21.CC(C)[C@H](N)C(=O)OCCOCn1cnc2c(=O)[nH]c(N)nc21.CC(C)[C@H](N)C(=O)OCCOCn1cnc2c(=O)[nH]c(N)nc21. The highest BCUT2D eigenvalue weighted by Crippen LogP contribution is 2.10. The number of hydrogen-bond acceptors (Lipinski definition) is 24. The summed E-state index contributed by atoms with van der Waals surface area (Å²) in [5, 5.41) is 0. The number of nitrogen functional groups attached to an aromatic ring is 3. The molecule has 6 heterocycles. The molecule has 3 atom stereocenters. The maximum Gasteiger partial charge on any atom is 0.323 e. The number of nitrogens with two attached hydrogens (primary N) is 6. The molecule has 0 aliphatic heterocycles. The molecule has 0 spiro atoms. The Morgan fingerprint density at radius 3 is 0.957 bits per heavy atom. The van der Waals surface area contributed by atoms with E-state index >= 15 is 0 Å². The summed E-state index contributed by atoms with van der Waals surface area (Å²) < 4.78 is 35.7. The number of fused-ring (bicyclic) bond motifs is 3. The van der Waals surface area contributed by atoms with Crippen LogP contribution in [0.3, 0.4) is 0 Å². The third-order valence-electron chi connectivity index (χ3n) is 9.56. The highest BCUT2D eigenvalue weighted by molar-refractivity contribution is 5.77. The molecule has 0 unspecified atom stereocenters. The van der Waals surface area contributed by atoms with Gasteiger partial charge in [-0.2, -0.15) is 15.0 Å². The zero-order valence-corrected chi connectivity index (χ0v) is 38.9. The largest absolute Gasteiger partial charge is 0.462 e. The number of rotatable bonds is 21. The van der Waals surface area contributed by atoms with E-state index in [1.165, 1.54) is 32.7 Å². The second-order valence-electron chi connectivity index (χ2n) is 15.9. The van der Waals surface area contributed by atoms with Crippen LogP contribution in [0.4, 0.5) is 17.8 Å². The lowest BCUT2D eigenvalue weighted by Gasteiger charge is -2.14. The van der Waals surface area contributed by atoms with Gasteiger partial charge in [-0.05, 0) is 17.8 Å². The maximum atomic E-state index is 11.6. The zero-order chi connectivity index (χ0) is 50.9. The van der Waals surface area contributed by atoms with Crippen LogP contribution in [0.15, 0.2) is 33.4 Å². The average Bonchev–Trinajstić information content (AvgIpc) is 4.02. The number of carbonyl (C=O) groups excluding carboxylic acids is 3. The van der Waals surface area contributed by atoms with Crippen molar-refractivity contribution in [2.45, 2.75) is 79.9 Å². The number of anilines is 3. The minimum Gasteiger partial charge on any atom is -0.462 e. The quantitative estimate of drug-likeness (QED) is 0.0206. The first-order chi connectivity index (χ1) is 32.7. The number of hydrogen-bond donors (Lipinski definition) is 9. The lowest BCUT2D eigenvalue weighted by molar-refractivity contribution is -0.149. The molecule has 0 fully saturated rings. The van der Waals surface area contributed by atoms with Crippen molar-refractivity contribution in [2.75, 3.05) is 56.8 Å². The number of H-pyrrole nitrogens is 3. The van der Waals surface area contributed by atoms with Gasteiger partial charge in [0.05, 0.1) is 38.8 Å². The third-order valence-corrected chi connectivity index (χ3v) is 9.56. The van der Waals surface area contributed by atoms with Crippen molar-refractivity contribution in [2.24, 2.45) is 35.0 Å². The molecular formula is C39H60N18O12. The second-order valence-corrected chi connectivity index (χ2v) is 15.9. The second kappa shape index (κ2) is 25.7. The Bertz CT molecular complexity index is 2510. The predicted octanol–water partition coefficient (Wildman–Crippen LogP) is -2.39. The van der Waals surface area contributed by atoms with Gasteiger partial charge >= 0.3 is 17.9 Å². The zero-order valence-electron chi connectivity index (χ0n) is 38.9. The standard InChI is InChI=1S/3C13H20N6O4/c3*1-7(2)8(14)12(21)23-4-3-22-6-19-5-16-9-10(19)17-13(15)18-11(9)20/h3*5,7-8H,3-4,6,14H2,1-2H3,(H3,15,17,18,20)/t3*8-/m000/s1. The third kappa shape index (κ3) is 15.6. The molecule has 6 aromatic heterocycles. The van der Waals surface area contributed by atoms with Crippen molar-refractivity contribution in [3.63, 3.8) is 0 Å². The van der Waals surface area contributed by atoms with Crippen LogP contribution in [-0.2, 0) is 63.0 Å². The minimum atomic E-state index is -0.647. The van der Waals surface area contributed by atoms with Crippen molar-refractivity contribution < 1.29 is 42.8 Å². The van der Waals surface area contributed by atoms with Crippen LogP contribution in [0.25, 0.3) is 33.5 Å². The van der Waals surface area contributed by atoms with Crippen LogP contribution < -0.4 is 51.1 Å². The van der Waals surface area contributed by atoms with Crippen LogP contribution in [-0.4, -0.2) is 134 Å². The highest BCUT2D eigenvalue weighted by atomic mass is 16.6. The highest BCUT2D eigenvalue weighted by Gasteiger charge is 2.21. The van der Waals surface area contributed by atoms with Gasteiger partial charge in [-0.15, -0.1) is 0 Å². The number of imidazole rings is 3. The number of nitrogens with zero attached hydrogens (tertiary/aromatic N) is 9. The molecular weight excluding hydrogens is 913 g/mol. The van der Waals surface area contributed by atoms with Gasteiger partial charge in [0, 0.05) is 0 Å². The Hall–Kier alpha value is -7.38. The van der Waals surface area contributed by atoms with Crippen molar-refractivity contribution in [3.05, 3.63) is 50.0 Å². The topological polar surface area (TPSA) is 453 Å². The number of ether oxygens (including phenoxy) is 6. The first-order valence-corrected chi connectivity index (χ1v) is 21.3. The van der Waals surface area contributed by atoms with E-state index in [0.717, 1.165) is 0 Å². The van der Waals surface area contributed by atoms with E-state index < -0.39 is 52.7 Å². The number of aromatic nitrogens is 12. The molecule has 0 saturated carbocycles. The van der Waals surface area contributed by atoms with Crippen LogP contribution >= 0.6 is 0 Å². The fourth-order valence-electron chi connectivity index (χ4n) is 5.39. The van der Waals surface area contributed by atoms with Gasteiger partial charge in [0.2, 0.25) is 17.8 Å². The Labute approximate surface area is 391 Å². The summed E-state index contributed by atoms with van der Waals surface area (Å²) in [5.41, 5.74) is 33.7. The van der Waals surface area contributed by atoms with E-state index in [1.54, 1.807) is 0 Å². The Morgan fingerprint density at radius 2 is 0.725 bits per heavy atom. The summed E-state index contributed by atoms with van der Waals surface area (Å²) >= 11 is 0. The van der Waals surface area contributed by atoms with E-state index in [1.807, 2.05) is 41.5 Å². The molecule has 0 aliphatic carbocycles. The number of nitrogens with one attached hydrogen (secondary N) is 3. The van der Waals surface area contributed by atoms with Gasteiger partial charge in [-0.3, -0.25) is 57.4 Å². The summed E-state index contributed by atoms with van der Waals surface area (Å²) in [6, 6.07) is -1.94. The normalized spacial score (nSPS) is 12.7. The molecule has 0 saturated heterocycles. The summed E-state index contributed by atoms with van der Waals surface area (Å²) in [7, 11) is 0. The molecule has 0 radical (unpaired) electrons. The van der Waals surface area contributed by atoms with Crippen LogP contribution in [0.1, 0.15) is 41.5 Å². The molecule has 6 aromatic rings. The van der Waals surface area contributed by atoms with Crippen molar-refractivity contribution in [1.82, 2.24) is 58.6 Å². The van der Waals surface area contributed by atoms with Gasteiger partial charge in [-0.1, -0.05) is 41.5 Å². The monoisotopic (exact) mass is 972 g/mol. The first kappa shape index (κ1) is 54.2. The van der Waals surface area contributed by atoms with E-state index in [9.17, 15) is 28.8 Å².